The summed E-state index contributed by atoms with van der Waals surface area (Å²) < 4.78 is 13.3. The number of nitrogens with one attached hydrogen (secondary N) is 1. The lowest BCUT2D eigenvalue weighted by Crippen LogP contribution is -2.33. The van der Waals surface area contributed by atoms with Gasteiger partial charge in [-0.15, -0.1) is 0 Å². The normalized spacial score (nSPS) is 14.5. The van der Waals surface area contributed by atoms with Gasteiger partial charge in [0.2, 0.25) is 5.91 Å². The third kappa shape index (κ3) is 4.33. The number of halogens is 1. The molecule has 1 fully saturated rings. The minimum absolute atomic E-state index is 0.0413. The fraction of sp³-hybridized carbons (Fsp3) is 0.318. The molecule has 1 aliphatic carbocycles. The number of aryl methyl sites for hydroxylation is 1. The number of thioether (sulfide) groups is 1. The fourth-order valence-electron chi connectivity index (χ4n) is 3.53. The highest BCUT2D eigenvalue weighted by Gasteiger charge is 2.18. The Balaban J connectivity index is 1.61. The van der Waals surface area contributed by atoms with E-state index < -0.39 is 0 Å². The van der Waals surface area contributed by atoms with Gasteiger partial charge in [-0.1, -0.05) is 36.2 Å². The van der Waals surface area contributed by atoms with E-state index in [-0.39, 0.29) is 11.7 Å². The summed E-state index contributed by atoms with van der Waals surface area (Å²) in [5, 5.41) is 4.82. The predicted octanol–water partition coefficient (Wildman–Crippen LogP) is 4.90. The molecule has 28 heavy (non-hydrogen) atoms. The topological polar surface area (TPSA) is 54.9 Å². The number of fused-ring (bicyclic) bond motifs is 1. The Kier molecular flexibility index (Phi) is 5.57. The molecule has 6 heteroatoms. The van der Waals surface area contributed by atoms with Crippen molar-refractivity contribution < 1.29 is 9.18 Å². The molecule has 2 aromatic carbocycles. The van der Waals surface area contributed by atoms with Gasteiger partial charge >= 0.3 is 0 Å². The second-order valence-corrected chi connectivity index (χ2v) is 8.18. The molecule has 4 rings (SSSR count). The largest absolute Gasteiger partial charge is 0.353 e. The number of hydrogen-bond donors (Lipinski definition) is 1. The van der Waals surface area contributed by atoms with Crippen LogP contribution in [-0.4, -0.2) is 27.7 Å². The van der Waals surface area contributed by atoms with E-state index >= 15 is 0 Å². The van der Waals surface area contributed by atoms with Gasteiger partial charge in [-0.2, -0.15) is 0 Å². The summed E-state index contributed by atoms with van der Waals surface area (Å²) in [4.78, 5) is 21.7. The highest BCUT2D eigenvalue weighted by Crippen LogP contribution is 2.29. The molecule has 144 valence electrons. The molecule has 0 bridgehead atoms. The highest BCUT2D eigenvalue weighted by atomic mass is 32.2. The number of carbonyl (C=O) groups is 1. The van der Waals surface area contributed by atoms with Crippen molar-refractivity contribution in [2.24, 2.45) is 0 Å². The molecule has 0 atom stereocenters. The average molecular weight is 396 g/mol. The number of aromatic nitrogens is 2. The van der Waals surface area contributed by atoms with E-state index in [9.17, 15) is 9.18 Å². The maximum atomic E-state index is 13.3. The van der Waals surface area contributed by atoms with Crippen molar-refractivity contribution in [3.8, 4) is 11.4 Å². The van der Waals surface area contributed by atoms with Gasteiger partial charge in [-0.25, -0.2) is 14.4 Å². The SMILES string of the molecule is Cc1ccc2nc(-c3ccc(F)cc3)nc(SCC(=O)NC3CCCC3)c2c1. The number of nitrogens with zero attached hydrogens (tertiary/aromatic N) is 2. The molecule has 1 amide bonds. The van der Waals surface area contributed by atoms with Gasteiger partial charge in [0, 0.05) is 17.0 Å². The van der Waals surface area contributed by atoms with Crippen LogP contribution in [0.1, 0.15) is 31.2 Å². The van der Waals surface area contributed by atoms with Crippen LogP contribution in [-0.2, 0) is 4.79 Å². The number of rotatable bonds is 5. The summed E-state index contributed by atoms with van der Waals surface area (Å²) in [5.41, 5.74) is 2.68. The van der Waals surface area contributed by atoms with Crippen LogP contribution in [0.5, 0.6) is 0 Å². The van der Waals surface area contributed by atoms with Crippen molar-refractivity contribution in [2.45, 2.75) is 43.7 Å². The second-order valence-electron chi connectivity index (χ2n) is 7.22. The maximum absolute atomic E-state index is 13.3. The van der Waals surface area contributed by atoms with E-state index in [1.54, 1.807) is 12.1 Å². The van der Waals surface area contributed by atoms with Crippen LogP contribution in [0.15, 0.2) is 47.5 Å². The van der Waals surface area contributed by atoms with E-state index in [1.165, 1.54) is 36.7 Å². The van der Waals surface area contributed by atoms with E-state index in [1.807, 2.05) is 25.1 Å². The van der Waals surface area contributed by atoms with E-state index in [2.05, 4.69) is 10.3 Å². The molecule has 3 aromatic rings. The first-order valence-corrected chi connectivity index (χ1v) is 10.5. The van der Waals surface area contributed by atoms with Crippen LogP contribution >= 0.6 is 11.8 Å². The monoisotopic (exact) mass is 395 g/mol. The minimum atomic E-state index is -0.293. The molecule has 0 saturated heterocycles. The van der Waals surface area contributed by atoms with Crippen molar-refractivity contribution in [1.29, 1.82) is 0 Å². The van der Waals surface area contributed by atoms with Crippen LogP contribution in [0.4, 0.5) is 4.39 Å². The van der Waals surface area contributed by atoms with Gasteiger partial charge in [0.25, 0.3) is 0 Å². The first kappa shape index (κ1) is 18.9. The summed E-state index contributed by atoms with van der Waals surface area (Å²) >= 11 is 1.42. The molecule has 0 radical (unpaired) electrons. The van der Waals surface area contributed by atoms with Gasteiger partial charge in [-0.05, 0) is 56.2 Å². The molecule has 0 unspecified atom stereocenters. The quantitative estimate of drug-likeness (QED) is 0.493. The Hall–Kier alpha value is -2.47. The highest BCUT2D eigenvalue weighted by molar-refractivity contribution is 8.00. The molecule has 1 saturated carbocycles. The fourth-order valence-corrected chi connectivity index (χ4v) is 4.35. The van der Waals surface area contributed by atoms with Crippen molar-refractivity contribution in [3.63, 3.8) is 0 Å². The van der Waals surface area contributed by atoms with E-state index in [0.717, 1.165) is 39.9 Å². The minimum Gasteiger partial charge on any atom is -0.353 e. The smallest absolute Gasteiger partial charge is 0.230 e. The lowest BCUT2D eigenvalue weighted by Gasteiger charge is -2.12. The van der Waals surface area contributed by atoms with Crippen LogP contribution in [0, 0.1) is 12.7 Å². The Morgan fingerprint density at radius 3 is 2.64 bits per heavy atom. The van der Waals surface area contributed by atoms with Gasteiger partial charge in [0.15, 0.2) is 5.82 Å². The zero-order chi connectivity index (χ0) is 19.5. The summed E-state index contributed by atoms with van der Waals surface area (Å²) in [5.74, 6) is 0.604. The Labute approximate surface area is 168 Å². The van der Waals surface area contributed by atoms with Crippen molar-refractivity contribution in [1.82, 2.24) is 15.3 Å². The Morgan fingerprint density at radius 1 is 1.14 bits per heavy atom. The standard InChI is InChI=1S/C22H22FN3OS/c1-14-6-11-19-18(12-14)22(28-13-20(27)24-17-4-2-3-5-17)26-21(25-19)15-7-9-16(23)10-8-15/h6-12,17H,2-5,13H2,1H3,(H,24,27). The van der Waals surface area contributed by atoms with Crippen molar-refractivity contribution in [3.05, 3.63) is 53.8 Å². The van der Waals surface area contributed by atoms with E-state index in [0.29, 0.717) is 17.6 Å². The van der Waals surface area contributed by atoms with Gasteiger partial charge in [0.1, 0.15) is 10.8 Å². The van der Waals surface area contributed by atoms with Crippen LogP contribution in [0.2, 0.25) is 0 Å². The first-order valence-electron chi connectivity index (χ1n) is 9.55. The average Bonchev–Trinajstić information content (AvgIpc) is 3.19. The summed E-state index contributed by atoms with van der Waals surface area (Å²) in [7, 11) is 0. The Bertz CT molecular complexity index is 1000. The lowest BCUT2D eigenvalue weighted by molar-refractivity contribution is -0.119. The summed E-state index contributed by atoms with van der Waals surface area (Å²) in [6.45, 7) is 2.02. The van der Waals surface area contributed by atoms with Crippen LogP contribution < -0.4 is 5.32 Å². The summed E-state index contributed by atoms with van der Waals surface area (Å²) in [6.07, 6.45) is 4.52. The molecule has 1 N–H and O–H groups in total. The van der Waals surface area contributed by atoms with Crippen LogP contribution in [0.3, 0.4) is 0 Å². The molecule has 4 nitrogen and oxygen atoms in total. The molecular formula is C22H22FN3OS. The maximum Gasteiger partial charge on any atom is 0.230 e. The number of carbonyl (C=O) groups excluding carboxylic acids is 1. The number of benzene rings is 2. The van der Waals surface area contributed by atoms with Crippen LogP contribution in [0.25, 0.3) is 22.3 Å². The van der Waals surface area contributed by atoms with Crippen molar-refractivity contribution >= 4 is 28.6 Å². The Morgan fingerprint density at radius 2 is 1.89 bits per heavy atom. The zero-order valence-corrected chi connectivity index (χ0v) is 16.6. The molecule has 1 heterocycles. The van der Waals surface area contributed by atoms with E-state index in [4.69, 9.17) is 4.98 Å². The number of amides is 1. The lowest BCUT2D eigenvalue weighted by atomic mass is 10.1. The molecule has 0 spiro atoms. The second kappa shape index (κ2) is 8.27. The predicted molar refractivity (Wildman–Crippen MR) is 111 cm³/mol. The van der Waals surface area contributed by atoms with Gasteiger partial charge < -0.3 is 5.32 Å². The number of hydrogen-bond acceptors (Lipinski definition) is 4. The third-order valence-electron chi connectivity index (χ3n) is 4.98. The van der Waals surface area contributed by atoms with Gasteiger partial charge in [0.05, 0.1) is 11.3 Å². The molecule has 0 aliphatic heterocycles. The molecular weight excluding hydrogens is 373 g/mol. The molecule has 1 aromatic heterocycles. The first-order chi connectivity index (χ1) is 13.6. The molecule has 1 aliphatic rings. The van der Waals surface area contributed by atoms with Crippen molar-refractivity contribution in [2.75, 3.05) is 5.75 Å². The van der Waals surface area contributed by atoms with Gasteiger partial charge in [-0.3, -0.25) is 4.79 Å². The summed E-state index contributed by atoms with van der Waals surface area (Å²) in [6, 6.07) is 12.5. The zero-order valence-electron chi connectivity index (χ0n) is 15.7. The third-order valence-corrected chi connectivity index (χ3v) is 5.97.